The number of aliphatic hydroxyl groups excluding tert-OH is 1. The van der Waals surface area contributed by atoms with Gasteiger partial charge in [-0.15, -0.1) is 0 Å². The summed E-state index contributed by atoms with van der Waals surface area (Å²) in [5, 5.41) is 10.9. The van der Waals surface area contributed by atoms with Crippen LogP contribution in [0.2, 0.25) is 0 Å². The van der Waals surface area contributed by atoms with Crippen LogP contribution in [-0.2, 0) is 9.59 Å². The van der Waals surface area contributed by atoms with E-state index in [1.165, 1.54) is 21.9 Å². The maximum absolute atomic E-state index is 13.5. The van der Waals surface area contributed by atoms with Crippen molar-refractivity contribution < 1.29 is 24.0 Å². The summed E-state index contributed by atoms with van der Waals surface area (Å²) in [5.74, 6) is -1.96. The van der Waals surface area contributed by atoms with E-state index in [9.17, 15) is 19.1 Å². The van der Waals surface area contributed by atoms with E-state index >= 15 is 0 Å². The van der Waals surface area contributed by atoms with Crippen LogP contribution in [0.1, 0.15) is 29.2 Å². The molecule has 152 valence electrons. The average molecular weight is 397 g/mol. The molecule has 1 aliphatic rings. The number of halogens is 1. The van der Waals surface area contributed by atoms with E-state index in [2.05, 4.69) is 0 Å². The van der Waals surface area contributed by atoms with Gasteiger partial charge in [0.2, 0.25) is 0 Å². The first-order valence-electron chi connectivity index (χ1n) is 9.69. The topological polar surface area (TPSA) is 62.0 Å². The Labute approximate surface area is 170 Å². The van der Waals surface area contributed by atoms with Gasteiger partial charge in [0.1, 0.15) is 11.6 Å². The minimum Gasteiger partial charge on any atom is -0.507 e. The predicted molar refractivity (Wildman–Crippen MR) is 109 cm³/mol. The molecule has 2 N–H and O–H groups in total. The van der Waals surface area contributed by atoms with Crippen molar-refractivity contribution in [3.63, 3.8) is 0 Å². The minimum atomic E-state index is -0.742. The molecule has 29 heavy (non-hydrogen) atoms. The van der Waals surface area contributed by atoms with Crippen LogP contribution in [0.4, 0.5) is 4.39 Å². The number of nitrogens with zero attached hydrogens (tertiary/aromatic N) is 1. The Morgan fingerprint density at radius 2 is 1.69 bits per heavy atom. The van der Waals surface area contributed by atoms with E-state index in [1.807, 2.05) is 33.2 Å². The number of benzene rings is 2. The van der Waals surface area contributed by atoms with E-state index < -0.39 is 23.5 Å². The molecular weight excluding hydrogens is 371 g/mol. The van der Waals surface area contributed by atoms with E-state index in [1.54, 1.807) is 24.3 Å². The Morgan fingerprint density at radius 3 is 2.28 bits per heavy atom. The highest BCUT2D eigenvalue weighted by Gasteiger charge is 2.45. The maximum atomic E-state index is 13.5. The fraction of sp³-hybridized carbons (Fsp3) is 0.304. The van der Waals surface area contributed by atoms with Gasteiger partial charge < -0.3 is 14.9 Å². The average Bonchev–Trinajstić information content (AvgIpc) is 2.93. The van der Waals surface area contributed by atoms with Crippen molar-refractivity contribution in [3.8, 4) is 0 Å². The van der Waals surface area contributed by atoms with Gasteiger partial charge >= 0.3 is 0 Å². The number of nitrogens with one attached hydrogen (secondary N) is 1. The van der Waals surface area contributed by atoms with Crippen LogP contribution in [0.25, 0.3) is 5.76 Å². The molecule has 5 nitrogen and oxygen atoms in total. The third-order valence-corrected chi connectivity index (χ3v) is 5.13. The second-order valence-corrected chi connectivity index (χ2v) is 7.72. The number of hydrogen-bond donors (Lipinski definition) is 2. The molecule has 0 radical (unpaired) electrons. The van der Waals surface area contributed by atoms with Gasteiger partial charge in [0, 0.05) is 18.5 Å². The van der Waals surface area contributed by atoms with Crippen molar-refractivity contribution in [3.05, 3.63) is 76.6 Å². The lowest BCUT2D eigenvalue weighted by Crippen LogP contribution is -3.05. The smallest absolute Gasteiger partial charge is 0.295 e. The number of ketones is 1. The van der Waals surface area contributed by atoms with Crippen molar-refractivity contribution in [1.29, 1.82) is 0 Å². The number of carbonyl (C=O) groups is 2. The van der Waals surface area contributed by atoms with Crippen LogP contribution >= 0.6 is 0 Å². The molecule has 1 atom stereocenters. The largest absolute Gasteiger partial charge is 0.507 e. The van der Waals surface area contributed by atoms with Gasteiger partial charge in [0.25, 0.3) is 11.7 Å². The summed E-state index contributed by atoms with van der Waals surface area (Å²) in [6.45, 7) is 3.13. The zero-order valence-electron chi connectivity index (χ0n) is 16.9. The Bertz CT molecular complexity index is 934. The number of hydrogen-bond acceptors (Lipinski definition) is 3. The molecule has 2 aromatic carbocycles. The number of likely N-dealkylation sites (tertiary alicyclic amines) is 1. The monoisotopic (exact) mass is 397 g/mol. The van der Waals surface area contributed by atoms with E-state index in [0.717, 1.165) is 12.1 Å². The molecule has 1 fully saturated rings. The summed E-state index contributed by atoms with van der Waals surface area (Å²) in [6.07, 6.45) is 0.706. The predicted octanol–water partition coefficient (Wildman–Crippen LogP) is 2.09. The van der Waals surface area contributed by atoms with Gasteiger partial charge in [0.05, 0.1) is 32.3 Å². The third kappa shape index (κ3) is 4.38. The molecular formula is C23H26FN2O3+. The molecule has 0 aliphatic carbocycles. The van der Waals surface area contributed by atoms with Crippen LogP contribution in [0.5, 0.6) is 0 Å². The zero-order chi connectivity index (χ0) is 21.1. The van der Waals surface area contributed by atoms with Crippen LogP contribution in [0.3, 0.4) is 0 Å². The Kier molecular flexibility index (Phi) is 6.13. The lowest BCUT2D eigenvalue weighted by Gasteiger charge is -2.25. The number of amides is 1. The Hall–Kier alpha value is -2.99. The molecule has 0 bridgehead atoms. The molecule has 6 heteroatoms. The second-order valence-electron chi connectivity index (χ2n) is 7.72. The van der Waals surface area contributed by atoms with E-state index in [4.69, 9.17) is 0 Å². The normalized spacial score (nSPS) is 18.7. The molecule has 0 spiro atoms. The second kappa shape index (κ2) is 8.57. The van der Waals surface area contributed by atoms with Gasteiger partial charge in [0.15, 0.2) is 0 Å². The fourth-order valence-electron chi connectivity index (χ4n) is 3.57. The third-order valence-electron chi connectivity index (χ3n) is 5.13. The van der Waals surface area contributed by atoms with Crippen molar-refractivity contribution in [2.75, 3.05) is 27.2 Å². The van der Waals surface area contributed by atoms with Gasteiger partial charge in [-0.25, -0.2) is 4.39 Å². The van der Waals surface area contributed by atoms with Crippen LogP contribution < -0.4 is 4.90 Å². The van der Waals surface area contributed by atoms with Gasteiger partial charge in [-0.1, -0.05) is 42.0 Å². The van der Waals surface area contributed by atoms with Crippen molar-refractivity contribution in [2.45, 2.75) is 19.4 Å². The van der Waals surface area contributed by atoms with E-state index in [0.29, 0.717) is 24.1 Å². The molecule has 1 aliphatic heterocycles. The first kappa shape index (κ1) is 20.7. The van der Waals surface area contributed by atoms with Crippen molar-refractivity contribution in [2.24, 2.45) is 0 Å². The number of Topliss-reactive ketones (excluding diaryl/α,β-unsaturated/α-hetero) is 1. The quantitative estimate of drug-likeness (QED) is 0.446. The first-order chi connectivity index (χ1) is 13.8. The summed E-state index contributed by atoms with van der Waals surface area (Å²) in [4.78, 5) is 28.4. The number of aryl methyl sites for hydroxylation is 1. The SMILES string of the molecule is Cc1ccc(C(O)=C2C(=O)C(=O)N(CCC[NH+](C)C)[C@H]2c2ccc(F)cc2)cc1. The number of quaternary nitrogens is 1. The van der Waals surface area contributed by atoms with Crippen molar-refractivity contribution in [1.82, 2.24) is 4.90 Å². The summed E-state index contributed by atoms with van der Waals surface area (Å²) < 4.78 is 13.5. The molecule has 0 aromatic heterocycles. The summed E-state index contributed by atoms with van der Waals surface area (Å²) in [7, 11) is 4.03. The summed E-state index contributed by atoms with van der Waals surface area (Å²) in [5.41, 5.74) is 2.13. The molecule has 0 saturated carbocycles. The molecule has 2 aromatic rings. The number of rotatable bonds is 6. The Morgan fingerprint density at radius 1 is 1.07 bits per heavy atom. The standard InChI is InChI=1S/C23H25FN2O3/c1-15-5-7-17(8-6-15)21(27)19-20(16-9-11-18(24)12-10-16)26(23(29)22(19)28)14-4-13-25(2)3/h5-12,20,27H,4,13-14H2,1-3H3/p+1/t20-/m0/s1. The van der Waals surface area contributed by atoms with Crippen LogP contribution in [0.15, 0.2) is 54.1 Å². The van der Waals surface area contributed by atoms with Gasteiger partial charge in [-0.2, -0.15) is 0 Å². The highest BCUT2D eigenvalue weighted by atomic mass is 19.1. The number of carbonyl (C=O) groups excluding carboxylic acids is 2. The lowest BCUT2D eigenvalue weighted by atomic mass is 9.95. The first-order valence-corrected chi connectivity index (χ1v) is 9.69. The molecule has 1 saturated heterocycles. The highest BCUT2D eigenvalue weighted by Crippen LogP contribution is 2.39. The molecule has 3 rings (SSSR count). The molecule has 0 unspecified atom stereocenters. The van der Waals surface area contributed by atoms with Gasteiger partial charge in [-0.3, -0.25) is 9.59 Å². The molecule has 1 amide bonds. The van der Waals surface area contributed by atoms with Crippen LogP contribution in [-0.4, -0.2) is 48.9 Å². The fourth-order valence-corrected chi connectivity index (χ4v) is 3.57. The van der Waals surface area contributed by atoms with E-state index in [-0.39, 0.29) is 11.3 Å². The van der Waals surface area contributed by atoms with Crippen LogP contribution in [0, 0.1) is 12.7 Å². The summed E-state index contributed by atoms with van der Waals surface area (Å²) >= 11 is 0. The van der Waals surface area contributed by atoms with Gasteiger partial charge in [-0.05, 0) is 24.6 Å². The zero-order valence-corrected chi connectivity index (χ0v) is 16.9. The van der Waals surface area contributed by atoms with Crippen molar-refractivity contribution >= 4 is 17.4 Å². The minimum absolute atomic E-state index is 0.0441. The molecule has 1 heterocycles. The highest BCUT2D eigenvalue weighted by molar-refractivity contribution is 6.46. The summed E-state index contributed by atoms with van der Waals surface area (Å²) in [6, 6.07) is 12.1. The maximum Gasteiger partial charge on any atom is 0.295 e. The lowest BCUT2D eigenvalue weighted by molar-refractivity contribution is -0.858. The Balaban J connectivity index is 2.07. The number of aliphatic hydroxyl groups is 1.